The first-order chi connectivity index (χ1) is 8.56. The first kappa shape index (κ1) is 15.0. The first-order valence-corrected chi connectivity index (χ1v) is 6.74. The topological polar surface area (TPSA) is 86.6 Å². The minimum Gasteiger partial charge on any atom is -0.481 e. The number of amides is 1. The van der Waals surface area contributed by atoms with Crippen molar-refractivity contribution in [2.75, 3.05) is 6.54 Å². The Kier molecular flexibility index (Phi) is 6.12. The summed E-state index contributed by atoms with van der Waals surface area (Å²) in [4.78, 5) is 23.0. The number of aliphatic hydroxyl groups excluding tert-OH is 1. The third kappa shape index (κ3) is 4.29. The molecule has 1 fully saturated rings. The summed E-state index contributed by atoms with van der Waals surface area (Å²) in [5.74, 6) is -2.12. The van der Waals surface area contributed by atoms with Gasteiger partial charge in [0.15, 0.2) is 0 Å². The van der Waals surface area contributed by atoms with Gasteiger partial charge in [0.25, 0.3) is 0 Å². The van der Waals surface area contributed by atoms with E-state index in [1.807, 2.05) is 6.92 Å². The lowest BCUT2D eigenvalue weighted by Gasteiger charge is -2.27. The fourth-order valence-electron chi connectivity index (χ4n) is 2.53. The summed E-state index contributed by atoms with van der Waals surface area (Å²) in [6, 6.07) is 0. The molecule has 0 aromatic heterocycles. The molecule has 1 rings (SSSR count). The van der Waals surface area contributed by atoms with Gasteiger partial charge in [0.1, 0.15) is 0 Å². The summed E-state index contributed by atoms with van der Waals surface area (Å²) in [6.07, 6.45) is 3.95. The zero-order valence-electron chi connectivity index (χ0n) is 10.9. The Hall–Kier alpha value is -1.10. The van der Waals surface area contributed by atoms with Crippen LogP contribution < -0.4 is 5.32 Å². The molecule has 5 nitrogen and oxygen atoms in total. The molecule has 1 aliphatic carbocycles. The molecule has 0 aliphatic heterocycles. The van der Waals surface area contributed by atoms with Crippen LogP contribution in [0, 0.1) is 11.8 Å². The van der Waals surface area contributed by atoms with Crippen molar-refractivity contribution in [2.45, 2.75) is 51.6 Å². The molecule has 3 N–H and O–H groups in total. The van der Waals surface area contributed by atoms with Gasteiger partial charge < -0.3 is 15.5 Å². The average Bonchev–Trinajstić information content (AvgIpc) is 2.36. The first-order valence-electron chi connectivity index (χ1n) is 6.74. The third-order valence-electron chi connectivity index (χ3n) is 3.55. The molecule has 0 spiro atoms. The average molecular weight is 257 g/mol. The lowest BCUT2D eigenvalue weighted by atomic mass is 9.78. The van der Waals surface area contributed by atoms with Crippen molar-refractivity contribution in [2.24, 2.45) is 11.8 Å². The molecular formula is C13H23NO4. The smallest absolute Gasteiger partial charge is 0.307 e. The molecular weight excluding hydrogens is 234 g/mol. The van der Waals surface area contributed by atoms with E-state index < -0.39 is 23.9 Å². The van der Waals surface area contributed by atoms with E-state index in [1.165, 1.54) is 0 Å². The van der Waals surface area contributed by atoms with Crippen molar-refractivity contribution in [1.29, 1.82) is 0 Å². The maximum absolute atomic E-state index is 11.9. The highest BCUT2D eigenvalue weighted by Crippen LogP contribution is 2.30. The van der Waals surface area contributed by atoms with Crippen LogP contribution in [0.15, 0.2) is 0 Å². The van der Waals surface area contributed by atoms with Gasteiger partial charge in [-0.05, 0) is 19.3 Å². The van der Waals surface area contributed by atoms with Crippen LogP contribution in [-0.2, 0) is 9.59 Å². The predicted molar refractivity (Wildman–Crippen MR) is 67.0 cm³/mol. The Morgan fingerprint density at radius 1 is 1.28 bits per heavy atom. The third-order valence-corrected chi connectivity index (χ3v) is 3.55. The van der Waals surface area contributed by atoms with Crippen LogP contribution in [0.5, 0.6) is 0 Å². The quantitative estimate of drug-likeness (QED) is 0.666. The van der Waals surface area contributed by atoms with Gasteiger partial charge in [-0.1, -0.05) is 26.2 Å². The zero-order valence-corrected chi connectivity index (χ0v) is 10.9. The summed E-state index contributed by atoms with van der Waals surface area (Å²) in [6.45, 7) is 2.18. The molecule has 1 aliphatic rings. The van der Waals surface area contributed by atoms with E-state index in [4.69, 9.17) is 5.11 Å². The number of nitrogens with one attached hydrogen (secondary N) is 1. The summed E-state index contributed by atoms with van der Waals surface area (Å²) in [5.41, 5.74) is 0. The monoisotopic (exact) mass is 257 g/mol. The summed E-state index contributed by atoms with van der Waals surface area (Å²) < 4.78 is 0. The van der Waals surface area contributed by atoms with Crippen molar-refractivity contribution in [3.05, 3.63) is 0 Å². The maximum Gasteiger partial charge on any atom is 0.307 e. The van der Waals surface area contributed by atoms with Crippen LogP contribution in [0.4, 0.5) is 0 Å². The Bertz CT molecular complexity index is 293. The Labute approximate surface area is 108 Å². The number of hydrogen-bond acceptors (Lipinski definition) is 3. The Morgan fingerprint density at radius 2 is 1.89 bits per heavy atom. The largest absolute Gasteiger partial charge is 0.481 e. The van der Waals surface area contributed by atoms with E-state index in [1.54, 1.807) is 0 Å². The fourth-order valence-corrected chi connectivity index (χ4v) is 2.53. The number of rotatable bonds is 6. The predicted octanol–water partition coefficient (Wildman–Crippen LogP) is 1.15. The van der Waals surface area contributed by atoms with Crippen LogP contribution in [0.2, 0.25) is 0 Å². The highest BCUT2D eigenvalue weighted by Gasteiger charge is 2.35. The molecule has 0 heterocycles. The van der Waals surface area contributed by atoms with Gasteiger partial charge in [-0.3, -0.25) is 9.59 Å². The molecule has 0 bridgehead atoms. The number of aliphatic carboxylic acids is 1. The lowest BCUT2D eigenvalue weighted by molar-refractivity contribution is -0.149. The molecule has 104 valence electrons. The van der Waals surface area contributed by atoms with Gasteiger partial charge in [-0.2, -0.15) is 0 Å². The molecule has 5 heteroatoms. The van der Waals surface area contributed by atoms with Crippen molar-refractivity contribution < 1.29 is 19.8 Å². The van der Waals surface area contributed by atoms with Crippen LogP contribution >= 0.6 is 0 Å². The molecule has 18 heavy (non-hydrogen) atoms. The molecule has 0 radical (unpaired) electrons. The summed E-state index contributed by atoms with van der Waals surface area (Å²) >= 11 is 0. The zero-order chi connectivity index (χ0) is 13.5. The highest BCUT2D eigenvalue weighted by molar-refractivity contribution is 5.84. The van der Waals surface area contributed by atoms with E-state index in [0.717, 1.165) is 19.3 Å². The van der Waals surface area contributed by atoms with E-state index in [9.17, 15) is 14.7 Å². The van der Waals surface area contributed by atoms with E-state index in [2.05, 4.69) is 5.32 Å². The van der Waals surface area contributed by atoms with Crippen LogP contribution in [-0.4, -0.2) is 34.7 Å². The number of carboxylic acid groups (broad SMARTS) is 1. The number of aliphatic hydroxyl groups is 1. The van der Waals surface area contributed by atoms with Crippen molar-refractivity contribution in [3.8, 4) is 0 Å². The minimum atomic E-state index is -0.885. The number of carboxylic acids is 1. The van der Waals surface area contributed by atoms with Gasteiger partial charge in [0.2, 0.25) is 5.91 Å². The Balaban J connectivity index is 2.45. The number of hydrogen-bond donors (Lipinski definition) is 3. The summed E-state index contributed by atoms with van der Waals surface area (Å²) in [7, 11) is 0. The van der Waals surface area contributed by atoms with Crippen molar-refractivity contribution >= 4 is 11.9 Å². The van der Waals surface area contributed by atoms with Crippen molar-refractivity contribution in [1.82, 2.24) is 5.32 Å². The maximum atomic E-state index is 11.9. The molecule has 3 unspecified atom stereocenters. The number of carbonyl (C=O) groups excluding carboxylic acids is 1. The fraction of sp³-hybridized carbons (Fsp3) is 0.846. The lowest BCUT2D eigenvalue weighted by Crippen LogP contribution is -2.42. The van der Waals surface area contributed by atoms with Gasteiger partial charge in [0.05, 0.1) is 17.9 Å². The van der Waals surface area contributed by atoms with Crippen LogP contribution in [0.3, 0.4) is 0 Å². The minimum absolute atomic E-state index is 0.218. The van der Waals surface area contributed by atoms with Crippen LogP contribution in [0.25, 0.3) is 0 Å². The van der Waals surface area contributed by atoms with Crippen LogP contribution in [0.1, 0.15) is 45.4 Å². The molecule has 0 saturated heterocycles. The van der Waals surface area contributed by atoms with E-state index >= 15 is 0 Å². The standard InChI is InChI=1S/C13H23NO4/c1-2-5-9(15)8-14-12(16)10-6-3-4-7-11(10)13(17)18/h9-11,15H,2-8H2,1H3,(H,14,16)(H,17,18). The highest BCUT2D eigenvalue weighted by atomic mass is 16.4. The molecule has 1 saturated carbocycles. The normalized spacial score (nSPS) is 25.4. The van der Waals surface area contributed by atoms with Gasteiger partial charge >= 0.3 is 5.97 Å². The molecule has 0 aromatic carbocycles. The molecule has 0 aromatic rings. The second-order valence-electron chi connectivity index (χ2n) is 5.02. The van der Waals surface area contributed by atoms with Crippen molar-refractivity contribution in [3.63, 3.8) is 0 Å². The SMILES string of the molecule is CCCC(O)CNC(=O)C1CCCCC1C(=O)O. The van der Waals surface area contributed by atoms with E-state index in [-0.39, 0.29) is 12.5 Å². The second-order valence-corrected chi connectivity index (χ2v) is 5.02. The molecule has 3 atom stereocenters. The molecule has 1 amide bonds. The Morgan fingerprint density at radius 3 is 2.44 bits per heavy atom. The van der Waals surface area contributed by atoms with Gasteiger partial charge in [-0.15, -0.1) is 0 Å². The van der Waals surface area contributed by atoms with E-state index in [0.29, 0.717) is 19.3 Å². The number of carbonyl (C=O) groups is 2. The second kappa shape index (κ2) is 7.36. The van der Waals surface area contributed by atoms with Gasteiger partial charge in [-0.25, -0.2) is 0 Å². The summed E-state index contributed by atoms with van der Waals surface area (Å²) in [5, 5.41) is 21.3. The van der Waals surface area contributed by atoms with Gasteiger partial charge in [0, 0.05) is 6.54 Å².